The Bertz CT molecular complexity index is 562. The molecule has 0 heterocycles. The summed E-state index contributed by atoms with van der Waals surface area (Å²) in [5, 5.41) is 34.8. The van der Waals surface area contributed by atoms with E-state index in [1.54, 1.807) is 24.3 Å². The molecule has 112 valence electrons. The zero-order chi connectivity index (χ0) is 15.8. The Hall–Kier alpha value is -2.73. The van der Waals surface area contributed by atoms with Crippen molar-refractivity contribution < 1.29 is 25.2 Å². The Balaban J connectivity index is 0.000000235. The van der Waals surface area contributed by atoms with Crippen LogP contribution in [0, 0.1) is 0 Å². The average Bonchev–Trinajstić information content (AvgIpc) is 2.45. The largest absolute Gasteiger partial charge is 0.508 e. The van der Waals surface area contributed by atoms with E-state index in [4.69, 9.17) is 26.2 Å². The van der Waals surface area contributed by atoms with Crippen LogP contribution in [0.4, 0.5) is 0 Å². The number of carboxylic acid groups (broad SMARTS) is 1. The van der Waals surface area contributed by atoms with Crippen molar-refractivity contribution in [2.45, 2.75) is 12.5 Å². The normalized spacial score (nSPS) is 11.1. The lowest BCUT2D eigenvalue weighted by molar-refractivity contribution is -0.138. The highest BCUT2D eigenvalue weighted by atomic mass is 16.4. The lowest BCUT2D eigenvalue weighted by Crippen LogP contribution is -2.32. The number of nitrogens with two attached hydrogens (primary N) is 1. The second-order valence-corrected chi connectivity index (χ2v) is 4.30. The molecule has 0 saturated heterocycles. The standard InChI is InChI=1S/C9H11NO3.C6H6O2/c10-8(9(12)13)5-6-1-3-7(11)4-2-6;7-5-3-1-2-4-6(5)8/h1-4,8,11H,5,10H2,(H,12,13);1-4,7-8H. The van der Waals surface area contributed by atoms with Crippen LogP contribution in [-0.2, 0) is 11.2 Å². The fraction of sp³-hybridized carbons (Fsp3) is 0.133. The van der Waals surface area contributed by atoms with E-state index in [0.717, 1.165) is 5.56 Å². The second-order valence-electron chi connectivity index (χ2n) is 4.30. The summed E-state index contributed by atoms with van der Waals surface area (Å²) in [6, 6.07) is 11.6. The van der Waals surface area contributed by atoms with Gasteiger partial charge in [0.1, 0.15) is 11.8 Å². The number of rotatable bonds is 3. The number of carboxylic acids is 1. The van der Waals surface area contributed by atoms with Crippen molar-refractivity contribution in [1.29, 1.82) is 0 Å². The molecule has 0 radical (unpaired) electrons. The minimum Gasteiger partial charge on any atom is -0.508 e. The zero-order valence-electron chi connectivity index (χ0n) is 11.2. The number of hydrogen-bond donors (Lipinski definition) is 5. The highest BCUT2D eigenvalue weighted by Crippen LogP contribution is 2.21. The van der Waals surface area contributed by atoms with E-state index in [2.05, 4.69) is 0 Å². The summed E-state index contributed by atoms with van der Waals surface area (Å²) in [4.78, 5) is 10.4. The number of aliphatic carboxylic acids is 1. The summed E-state index contributed by atoms with van der Waals surface area (Å²) in [6.07, 6.45) is 0.273. The van der Waals surface area contributed by atoms with Crippen molar-refractivity contribution in [3.63, 3.8) is 0 Å². The van der Waals surface area contributed by atoms with Crippen LogP contribution in [0.15, 0.2) is 48.5 Å². The third-order valence-electron chi connectivity index (χ3n) is 2.59. The lowest BCUT2D eigenvalue weighted by atomic mass is 10.1. The molecule has 6 nitrogen and oxygen atoms in total. The van der Waals surface area contributed by atoms with Gasteiger partial charge in [0.25, 0.3) is 0 Å². The molecule has 6 heteroatoms. The molecule has 6 N–H and O–H groups in total. The van der Waals surface area contributed by atoms with Gasteiger partial charge in [-0.05, 0) is 36.2 Å². The van der Waals surface area contributed by atoms with E-state index in [1.165, 1.54) is 24.3 Å². The van der Waals surface area contributed by atoms with Crippen LogP contribution in [0.1, 0.15) is 5.56 Å². The van der Waals surface area contributed by atoms with Gasteiger partial charge in [0.15, 0.2) is 11.5 Å². The first-order valence-corrected chi connectivity index (χ1v) is 6.13. The Labute approximate surface area is 121 Å². The van der Waals surface area contributed by atoms with E-state index in [-0.39, 0.29) is 23.7 Å². The second kappa shape index (κ2) is 7.76. The van der Waals surface area contributed by atoms with Gasteiger partial charge in [0.2, 0.25) is 0 Å². The first-order valence-electron chi connectivity index (χ1n) is 6.13. The highest BCUT2D eigenvalue weighted by molar-refractivity contribution is 5.73. The summed E-state index contributed by atoms with van der Waals surface area (Å²) in [7, 11) is 0. The molecule has 1 unspecified atom stereocenters. The predicted molar refractivity (Wildman–Crippen MR) is 77.2 cm³/mol. The average molecular weight is 291 g/mol. The third-order valence-corrected chi connectivity index (χ3v) is 2.59. The number of phenolic OH excluding ortho intramolecular Hbond substituents is 3. The van der Waals surface area contributed by atoms with Gasteiger partial charge in [-0.2, -0.15) is 0 Å². The smallest absolute Gasteiger partial charge is 0.320 e. The summed E-state index contributed by atoms with van der Waals surface area (Å²) in [5.74, 6) is -1.01. The molecule has 2 aromatic rings. The van der Waals surface area contributed by atoms with Crippen LogP contribution in [0.2, 0.25) is 0 Å². The molecule has 0 saturated carbocycles. The SMILES string of the molecule is NC(Cc1ccc(O)cc1)C(=O)O.Oc1ccccc1O. The molecular weight excluding hydrogens is 274 g/mol. The van der Waals surface area contributed by atoms with E-state index in [1.807, 2.05) is 0 Å². The van der Waals surface area contributed by atoms with Gasteiger partial charge < -0.3 is 26.2 Å². The van der Waals surface area contributed by atoms with Gasteiger partial charge in [-0.3, -0.25) is 4.79 Å². The number of carbonyl (C=O) groups is 1. The minimum atomic E-state index is -1.02. The molecule has 2 aromatic carbocycles. The molecular formula is C15H17NO5. The number of hydrogen-bond acceptors (Lipinski definition) is 5. The molecule has 0 bridgehead atoms. The Morgan fingerprint density at radius 3 is 1.81 bits per heavy atom. The van der Waals surface area contributed by atoms with Gasteiger partial charge in [0, 0.05) is 0 Å². The predicted octanol–water partition coefficient (Wildman–Crippen LogP) is 1.44. The van der Waals surface area contributed by atoms with Crippen LogP contribution in [0.25, 0.3) is 0 Å². The van der Waals surface area contributed by atoms with Crippen LogP contribution in [0.5, 0.6) is 17.2 Å². The first kappa shape index (κ1) is 16.3. The summed E-state index contributed by atoms with van der Waals surface area (Å²) < 4.78 is 0. The van der Waals surface area contributed by atoms with Crippen LogP contribution >= 0.6 is 0 Å². The molecule has 0 spiro atoms. The molecule has 0 amide bonds. The first-order chi connectivity index (χ1) is 9.90. The molecule has 0 fully saturated rings. The van der Waals surface area contributed by atoms with E-state index >= 15 is 0 Å². The molecule has 21 heavy (non-hydrogen) atoms. The number of para-hydroxylation sites is 2. The molecule has 0 aromatic heterocycles. The Morgan fingerprint density at radius 2 is 1.43 bits per heavy atom. The highest BCUT2D eigenvalue weighted by Gasteiger charge is 2.11. The number of phenols is 3. The van der Waals surface area contributed by atoms with E-state index in [9.17, 15) is 4.79 Å². The van der Waals surface area contributed by atoms with Crippen LogP contribution in [0.3, 0.4) is 0 Å². The van der Waals surface area contributed by atoms with Gasteiger partial charge in [-0.15, -0.1) is 0 Å². The van der Waals surface area contributed by atoms with Crippen molar-refractivity contribution in [2.24, 2.45) is 5.73 Å². The maximum Gasteiger partial charge on any atom is 0.320 e. The summed E-state index contributed by atoms with van der Waals surface area (Å²) in [5.41, 5.74) is 6.12. The summed E-state index contributed by atoms with van der Waals surface area (Å²) in [6.45, 7) is 0. The van der Waals surface area contributed by atoms with Crippen molar-refractivity contribution in [2.75, 3.05) is 0 Å². The molecule has 0 aliphatic heterocycles. The fourth-order valence-corrected chi connectivity index (χ4v) is 1.44. The van der Waals surface area contributed by atoms with E-state index in [0.29, 0.717) is 0 Å². The van der Waals surface area contributed by atoms with Crippen molar-refractivity contribution in [1.82, 2.24) is 0 Å². The van der Waals surface area contributed by atoms with E-state index < -0.39 is 12.0 Å². The topological polar surface area (TPSA) is 124 Å². The quantitative estimate of drug-likeness (QED) is 0.545. The number of aromatic hydroxyl groups is 3. The summed E-state index contributed by atoms with van der Waals surface area (Å²) >= 11 is 0. The Morgan fingerprint density at radius 1 is 0.952 bits per heavy atom. The van der Waals surface area contributed by atoms with Gasteiger partial charge in [-0.1, -0.05) is 24.3 Å². The Kier molecular flexibility index (Phi) is 6.03. The zero-order valence-corrected chi connectivity index (χ0v) is 11.2. The van der Waals surface area contributed by atoms with Crippen molar-refractivity contribution in [3.05, 3.63) is 54.1 Å². The molecule has 2 rings (SSSR count). The minimum absolute atomic E-state index is 0.0764. The van der Waals surface area contributed by atoms with Gasteiger partial charge >= 0.3 is 5.97 Å². The lowest BCUT2D eigenvalue weighted by Gasteiger charge is -2.05. The third kappa shape index (κ3) is 5.84. The fourth-order valence-electron chi connectivity index (χ4n) is 1.44. The van der Waals surface area contributed by atoms with Crippen molar-refractivity contribution in [3.8, 4) is 17.2 Å². The van der Waals surface area contributed by atoms with Gasteiger partial charge in [0.05, 0.1) is 0 Å². The maximum atomic E-state index is 10.4. The van der Waals surface area contributed by atoms with Crippen LogP contribution < -0.4 is 5.73 Å². The number of benzene rings is 2. The van der Waals surface area contributed by atoms with Crippen molar-refractivity contribution >= 4 is 5.97 Å². The molecule has 0 aliphatic carbocycles. The van der Waals surface area contributed by atoms with Gasteiger partial charge in [-0.25, -0.2) is 0 Å². The van der Waals surface area contributed by atoms with Crippen LogP contribution in [-0.4, -0.2) is 32.4 Å². The monoisotopic (exact) mass is 291 g/mol. The maximum absolute atomic E-state index is 10.4. The molecule has 0 aliphatic rings. The molecule has 1 atom stereocenters.